The normalized spacial score (nSPS) is 9.21. The Balaban J connectivity index is 0.000000791. The van der Waals surface area contributed by atoms with Crippen LogP contribution in [0.5, 0.6) is 0 Å². The van der Waals surface area contributed by atoms with Crippen LogP contribution in [0.2, 0.25) is 0 Å². The van der Waals surface area contributed by atoms with E-state index in [1.165, 1.54) is 0 Å². The van der Waals surface area contributed by atoms with Crippen molar-refractivity contribution >= 4 is 18.0 Å². The molecule has 1 aromatic rings. The van der Waals surface area contributed by atoms with Crippen LogP contribution in [-0.4, -0.2) is 16.9 Å². The monoisotopic (exact) mass is 193 g/mol. The van der Waals surface area contributed by atoms with E-state index in [4.69, 9.17) is 0 Å². The van der Waals surface area contributed by atoms with Crippen molar-refractivity contribution < 1.29 is 0 Å². The van der Waals surface area contributed by atoms with Crippen LogP contribution in [-0.2, 0) is 0 Å². The number of hydrogen-bond acceptors (Lipinski definition) is 2. The van der Waals surface area contributed by atoms with Crippen molar-refractivity contribution in [1.29, 1.82) is 0 Å². The summed E-state index contributed by atoms with van der Waals surface area (Å²) in [5, 5.41) is 6.73. The van der Waals surface area contributed by atoms with E-state index in [1.54, 1.807) is 6.20 Å². The molecule has 0 saturated carbocycles. The molecular formula is C11H19N3. The van der Waals surface area contributed by atoms with Crippen LogP contribution in [0.1, 0.15) is 33.4 Å². The predicted molar refractivity (Wildman–Crippen MR) is 63.0 cm³/mol. The third kappa shape index (κ3) is 2.83. The van der Waals surface area contributed by atoms with Crippen LogP contribution in [0.25, 0.3) is 5.57 Å². The molecule has 1 N–H and O–H groups in total. The van der Waals surface area contributed by atoms with E-state index in [0.29, 0.717) is 5.92 Å². The van der Waals surface area contributed by atoms with Gasteiger partial charge in [-0.15, -0.1) is 0 Å². The molecule has 0 bridgehead atoms. The van der Waals surface area contributed by atoms with Crippen LogP contribution in [0.4, 0.5) is 5.69 Å². The number of hydrogen-bond donors (Lipinski definition) is 1. The highest BCUT2D eigenvalue weighted by molar-refractivity contribution is 5.71. The van der Waals surface area contributed by atoms with Crippen LogP contribution >= 0.6 is 0 Å². The molecule has 0 aliphatic heterocycles. The topological polar surface area (TPSA) is 41.0 Å². The minimum Gasteiger partial charge on any atom is -0.276 e. The summed E-state index contributed by atoms with van der Waals surface area (Å²) in [6, 6.07) is 0. The second-order valence-electron chi connectivity index (χ2n) is 2.97. The second kappa shape index (κ2) is 6.13. The third-order valence-corrected chi connectivity index (χ3v) is 1.81. The van der Waals surface area contributed by atoms with Crippen molar-refractivity contribution in [3.05, 3.63) is 18.5 Å². The summed E-state index contributed by atoms with van der Waals surface area (Å²) in [5.41, 5.74) is 2.67. The Kier molecular flexibility index (Phi) is 5.53. The van der Waals surface area contributed by atoms with Gasteiger partial charge in [0.15, 0.2) is 0 Å². The van der Waals surface area contributed by atoms with E-state index in [1.807, 2.05) is 13.8 Å². The maximum absolute atomic E-state index is 3.95. The number of rotatable bonds is 3. The van der Waals surface area contributed by atoms with E-state index in [2.05, 4.69) is 42.3 Å². The largest absolute Gasteiger partial charge is 0.276 e. The number of allylic oxidation sites excluding steroid dienone is 1. The molecule has 3 heteroatoms. The summed E-state index contributed by atoms with van der Waals surface area (Å²) in [4.78, 5) is 3.83. The van der Waals surface area contributed by atoms with Gasteiger partial charge in [-0.05, 0) is 18.2 Å². The van der Waals surface area contributed by atoms with Gasteiger partial charge in [0.2, 0.25) is 0 Å². The molecule has 0 amide bonds. The van der Waals surface area contributed by atoms with Gasteiger partial charge in [-0.3, -0.25) is 10.1 Å². The summed E-state index contributed by atoms with van der Waals surface area (Å²) >= 11 is 0. The molecule has 0 aliphatic carbocycles. The molecular weight excluding hydrogens is 174 g/mol. The first-order valence-electron chi connectivity index (χ1n) is 4.86. The van der Waals surface area contributed by atoms with Crippen molar-refractivity contribution in [3.63, 3.8) is 0 Å². The number of aromatic nitrogens is 2. The molecule has 3 nitrogen and oxygen atoms in total. The van der Waals surface area contributed by atoms with Gasteiger partial charge in [-0.25, -0.2) is 0 Å². The molecule has 1 rings (SSSR count). The minimum absolute atomic E-state index is 0.394. The summed E-state index contributed by atoms with van der Waals surface area (Å²) < 4.78 is 0. The molecule has 0 fully saturated rings. The van der Waals surface area contributed by atoms with Crippen molar-refractivity contribution in [2.24, 2.45) is 10.9 Å². The smallest absolute Gasteiger partial charge is 0.108 e. The zero-order chi connectivity index (χ0) is 11.1. The summed E-state index contributed by atoms with van der Waals surface area (Å²) in [7, 11) is 0. The fourth-order valence-corrected chi connectivity index (χ4v) is 0.925. The molecule has 1 heterocycles. The fourth-order valence-electron chi connectivity index (χ4n) is 0.925. The molecule has 0 saturated heterocycles. The van der Waals surface area contributed by atoms with Crippen LogP contribution in [0.15, 0.2) is 17.8 Å². The van der Waals surface area contributed by atoms with Gasteiger partial charge in [0, 0.05) is 0 Å². The average molecular weight is 193 g/mol. The predicted octanol–water partition coefficient (Wildman–Crippen LogP) is 3.44. The number of aromatic amines is 1. The van der Waals surface area contributed by atoms with Crippen molar-refractivity contribution in [1.82, 2.24) is 10.2 Å². The minimum atomic E-state index is 0.394. The van der Waals surface area contributed by atoms with E-state index >= 15 is 0 Å². The Labute approximate surface area is 86.0 Å². The van der Waals surface area contributed by atoms with Gasteiger partial charge in [0.05, 0.1) is 11.9 Å². The SMILES string of the molecule is C=Nc1cn[nH]c1C(=C)C(C)C.CC. The van der Waals surface area contributed by atoms with Crippen LogP contribution < -0.4 is 0 Å². The molecule has 1 aromatic heterocycles. The van der Waals surface area contributed by atoms with Crippen molar-refractivity contribution in [3.8, 4) is 0 Å². The summed E-state index contributed by atoms with van der Waals surface area (Å²) in [6.07, 6.45) is 1.65. The number of H-pyrrole nitrogens is 1. The molecule has 0 atom stereocenters. The highest BCUT2D eigenvalue weighted by Crippen LogP contribution is 2.26. The first kappa shape index (κ1) is 12.6. The van der Waals surface area contributed by atoms with E-state index in [0.717, 1.165) is 17.0 Å². The second-order valence-corrected chi connectivity index (χ2v) is 2.97. The Morgan fingerprint density at radius 3 is 2.50 bits per heavy atom. The molecule has 78 valence electrons. The summed E-state index contributed by atoms with van der Waals surface area (Å²) in [5.74, 6) is 0.394. The lowest BCUT2D eigenvalue weighted by molar-refractivity contribution is 0.848. The van der Waals surface area contributed by atoms with Gasteiger partial charge >= 0.3 is 0 Å². The molecule has 0 aromatic carbocycles. The Bertz CT molecular complexity index is 297. The molecule has 0 radical (unpaired) electrons. The van der Waals surface area contributed by atoms with Gasteiger partial charge < -0.3 is 0 Å². The molecule has 0 aliphatic rings. The van der Waals surface area contributed by atoms with Crippen LogP contribution in [0, 0.1) is 5.92 Å². The first-order chi connectivity index (χ1) is 6.66. The molecule has 0 unspecified atom stereocenters. The van der Waals surface area contributed by atoms with Gasteiger partial charge in [-0.2, -0.15) is 5.10 Å². The van der Waals surface area contributed by atoms with Gasteiger partial charge in [-0.1, -0.05) is 34.3 Å². The Morgan fingerprint density at radius 1 is 1.50 bits per heavy atom. The van der Waals surface area contributed by atoms with E-state index < -0.39 is 0 Å². The van der Waals surface area contributed by atoms with Gasteiger partial charge in [0.25, 0.3) is 0 Å². The number of nitrogens with one attached hydrogen (secondary N) is 1. The zero-order valence-electron chi connectivity index (χ0n) is 9.46. The van der Waals surface area contributed by atoms with Crippen molar-refractivity contribution in [2.45, 2.75) is 27.7 Å². The summed E-state index contributed by atoms with van der Waals surface area (Å²) in [6.45, 7) is 15.6. The zero-order valence-corrected chi connectivity index (χ0v) is 9.46. The highest BCUT2D eigenvalue weighted by Gasteiger charge is 2.09. The molecule has 0 spiro atoms. The lowest BCUT2D eigenvalue weighted by atomic mass is 10.0. The fraction of sp³-hybridized carbons (Fsp3) is 0.455. The average Bonchev–Trinajstić information content (AvgIpc) is 2.67. The Hall–Kier alpha value is -1.38. The number of aliphatic imine (C=N–C) groups is 1. The number of nitrogens with zero attached hydrogens (tertiary/aromatic N) is 2. The molecule has 14 heavy (non-hydrogen) atoms. The lowest BCUT2D eigenvalue weighted by Crippen LogP contribution is -1.92. The quantitative estimate of drug-likeness (QED) is 0.734. The van der Waals surface area contributed by atoms with E-state index in [9.17, 15) is 0 Å². The first-order valence-corrected chi connectivity index (χ1v) is 4.86. The van der Waals surface area contributed by atoms with Gasteiger partial charge in [0.1, 0.15) is 5.69 Å². The maximum Gasteiger partial charge on any atom is 0.108 e. The standard InChI is InChI=1S/C9H13N3.C2H6/c1-6(2)7(3)9-8(10-4)5-11-12-9;1-2/h5-6H,3-4H2,1-2H3,(H,11,12);1-2H3. The van der Waals surface area contributed by atoms with Crippen LogP contribution in [0.3, 0.4) is 0 Å². The van der Waals surface area contributed by atoms with Crippen molar-refractivity contribution in [2.75, 3.05) is 0 Å². The third-order valence-electron chi connectivity index (χ3n) is 1.81. The van der Waals surface area contributed by atoms with E-state index in [-0.39, 0.29) is 0 Å². The maximum atomic E-state index is 3.95. The highest BCUT2D eigenvalue weighted by atomic mass is 15.1. The lowest BCUT2D eigenvalue weighted by Gasteiger charge is -2.06. The Morgan fingerprint density at radius 2 is 2.07 bits per heavy atom.